The lowest BCUT2D eigenvalue weighted by Crippen LogP contribution is -2.04. The van der Waals surface area contributed by atoms with E-state index in [1.165, 1.54) is 16.3 Å². The third-order valence-electron chi connectivity index (χ3n) is 5.23. The van der Waals surface area contributed by atoms with E-state index >= 15 is 0 Å². The van der Waals surface area contributed by atoms with E-state index in [9.17, 15) is 0 Å². The number of hydrogen-bond acceptors (Lipinski definition) is 2. The van der Waals surface area contributed by atoms with Gasteiger partial charge >= 0.3 is 0 Å². The van der Waals surface area contributed by atoms with Gasteiger partial charge in [0.25, 0.3) is 0 Å². The Morgan fingerprint density at radius 1 is 0.857 bits per heavy atom. The van der Waals surface area contributed by atoms with Crippen LogP contribution in [0.2, 0.25) is 0 Å². The standard InChI is InChI=1S/C25H28N2O/c1-3-5-15-27-23-14-10-9-13-22(23)26-25(27)21-17-19-11-7-8-12-20(19)18-24(21)28-16-6-4-2/h7-14,17-18H,3-6,15-16H2,1-2H3. The Hall–Kier alpha value is -2.81. The van der Waals surface area contributed by atoms with Gasteiger partial charge < -0.3 is 9.30 Å². The maximum absolute atomic E-state index is 6.24. The zero-order chi connectivity index (χ0) is 19.3. The van der Waals surface area contributed by atoms with Crippen LogP contribution < -0.4 is 4.74 Å². The number of rotatable bonds is 8. The van der Waals surface area contributed by atoms with Gasteiger partial charge in [-0.2, -0.15) is 0 Å². The molecular weight excluding hydrogens is 344 g/mol. The summed E-state index contributed by atoms with van der Waals surface area (Å²) in [5.41, 5.74) is 3.32. The summed E-state index contributed by atoms with van der Waals surface area (Å²) in [5.74, 6) is 1.94. The third kappa shape index (κ3) is 3.62. The first-order chi connectivity index (χ1) is 13.8. The molecule has 0 aliphatic heterocycles. The molecular formula is C25H28N2O. The molecule has 3 heteroatoms. The number of aromatic nitrogens is 2. The van der Waals surface area contributed by atoms with Crippen LogP contribution in [0.15, 0.2) is 60.7 Å². The van der Waals surface area contributed by atoms with Crippen LogP contribution in [0.5, 0.6) is 5.75 Å². The second-order valence-corrected chi connectivity index (χ2v) is 7.33. The van der Waals surface area contributed by atoms with Crippen LogP contribution >= 0.6 is 0 Å². The average Bonchev–Trinajstić information content (AvgIpc) is 3.10. The van der Waals surface area contributed by atoms with Gasteiger partial charge in [0, 0.05) is 6.54 Å². The van der Waals surface area contributed by atoms with Crippen LogP contribution in [0.1, 0.15) is 39.5 Å². The fraction of sp³-hybridized carbons (Fsp3) is 0.320. The van der Waals surface area contributed by atoms with Gasteiger partial charge in [0.2, 0.25) is 0 Å². The van der Waals surface area contributed by atoms with E-state index in [1.807, 2.05) is 0 Å². The van der Waals surface area contributed by atoms with Gasteiger partial charge in [-0.1, -0.05) is 63.1 Å². The molecule has 4 aromatic rings. The van der Waals surface area contributed by atoms with E-state index in [0.29, 0.717) is 0 Å². The van der Waals surface area contributed by atoms with Gasteiger partial charge in [0.05, 0.1) is 23.2 Å². The van der Waals surface area contributed by atoms with E-state index in [0.717, 1.165) is 61.5 Å². The number of unbranched alkanes of at least 4 members (excludes halogenated alkanes) is 2. The van der Waals surface area contributed by atoms with Crippen molar-refractivity contribution in [1.82, 2.24) is 9.55 Å². The minimum absolute atomic E-state index is 0.733. The van der Waals surface area contributed by atoms with Crippen molar-refractivity contribution < 1.29 is 4.74 Å². The van der Waals surface area contributed by atoms with Gasteiger partial charge in [-0.15, -0.1) is 0 Å². The first-order valence-electron chi connectivity index (χ1n) is 10.4. The number of imidazole rings is 1. The molecule has 0 aliphatic rings. The van der Waals surface area contributed by atoms with E-state index in [1.54, 1.807) is 0 Å². The highest BCUT2D eigenvalue weighted by Crippen LogP contribution is 2.36. The van der Waals surface area contributed by atoms with Gasteiger partial charge in [-0.25, -0.2) is 4.98 Å². The highest BCUT2D eigenvalue weighted by atomic mass is 16.5. The monoisotopic (exact) mass is 372 g/mol. The fourth-order valence-electron chi connectivity index (χ4n) is 3.66. The van der Waals surface area contributed by atoms with Crippen molar-refractivity contribution in [1.29, 1.82) is 0 Å². The van der Waals surface area contributed by atoms with Crippen LogP contribution in [0, 0.1) is 0 Å². The van der Waals surface area contributed by atoms with Crippen LogP contribution in [0.3, 0.4) is 0 Å². The molecule has 0 N–H and O–H groups in total. The molecule has 0 saturated heterocycles. The number of benzene rings is 3. The Morgan fingerprint density at radius 3 is 2.36 bits per heavy atom. The number of fused-ring (bicyclic) bond motifs is 2. The van der Waals surface area contributed by atoms with Gasteiger partial charge in [-0.3, -0.25) is 0 Å². The Bertz CT molecular complexity index is 1080. The van der Waals surface area contributed by atoms with Crippen molar-refractivity contribution in [2.45, 2.75) is 46.1 Å². The first kappa shape index (κ1) is 18.5. The number of hydrogen-bond donors (Lipinski definition) is 0. The quantitative estimate of drug-likeness (QED) is 0.317. The highest BCUT2D eigenvalue weighted by molar-refractivity contribution is 5.91. The Morgan fingerprint density at radius 2 is 1.57 bits per heavy atom. The third-order valence-corrected chi connectivity index (χ3v) is 5.23. The first-order valence-corrected chi connectivity index (χ1v) is 10.4. The minimum atomic E-state index is 0.733. The number of para-hydroxylation sites is 2. The molecule has 144 valence electrons. The second-order valence-electron chi connectivity index (χ2n) is 7.33. The lowest BCUT2D eigenvalue weighted by molar-refractivity contribution is 0.310. The average molecular weight is 373 g/mol. The normalized spacial score (nSPS) is 11.4. The molecule has 1 heterocycles. The SMILES string of the molecule is CCCCOc1cc2ccccc2cc1-c1nc2ccccc2n1CCCC. The van der Waals surface area contributed by atoms with Crippen LogP contribution in [0.4, 0.5) is 0 Å². The summed E-state index contributed by atoms with van der Waals surface area (Å²) < 4.78 is 8.60. The zero-order valence-corrected chi connectivity index (χ0v) is 16.8. The van der Waals surface area contributed by atoms with Gasteiger partial charge in [0.15, 0.2) is 0 Å². The molecule has 0 spiro atoms. The molecule has 4 rings (SSSR count). The van der Waals surface area contributed by atoms with Crippen LogP contribution in [-0.2, 0) is 6.54 Å². The van der Waals surface area contributed by atoms with Crippen LogP contribution in [0.25, 0.3) is 33.2 Å². The number of ether oxygens (including phenoxy) is 1. The predicted molar refractivity (Wildman–Crippen MR) is 118 cm³/mol. The summed E-state index contributed by atoms with van der Waals surface area (Å²) in [6.07, 6.45) is 4.47. The summed E-state index contributed by atoms with van der Waals surface area (Å²) in [6, 6.07) is 21.3. The van der Waals surface area contributed by atoms with Gasteiger partial charge in [0.1, 0.15) is 11.6 Å². The minimum Gasteiger partial charge on any atom is -0.493 e. The zero-order valence-electron chi connectivity index (χ0n) is 16.8. The molecule has 3 aromatic carbocycles. The topological polar surface area (TPSA) is 27.1 Å². The maximum atomic E-state index is 6.24. The molecule has 0 saturated carbocycles. The Kier molecular flexibility index (Phi) is 5.61. The summed E-state index contributed by atoms with van der Waals surface area (Å²) in [4.78, 5) is 5.01. The molecule has 0 fully saturated rings. The Labute approximate surface area is 167 Å². The van der Waals surface area contributed by atoms with E-state index < -0.39 is 0 Å². The fourth-order valence-corrected chi connectivity index (χ4v) is 3.66. The van der Waals surface area contributed by atoms with Crippen molar-refractivity contribution in [3.05, 3.63) is 60.7 Å². The van der Waals surface area contributed by atoms with E-state index in [2.05, 4.69) is 79.1 Å². The predicted octanol–water partition coefficient (Wildman–Crippen LogP) is 6.84. The van der Waals surface area contributed by atoms with Gasteiger partial charge in [-0.05, 0) is 47.9 Å². The smallest absolute Gasteiger partial charge is 0.144 e. The molecule has 0 unspecified atom stereocenters. The maximum Gasteiger partial charge on any atom is 0.144 e. The summed E-state index contributed by atoms with van der Waals surface area (Å²) >= 11 is 0. The second kappa shape index (κ2) is 8.47. The largest absolute Gasteiger partial charge is 0.493 e. The molecule has 0 aliphatic carbocycles. The summed E-state index contributed by atoms with van der Waals surface area (Å²) in [6.45, 7) is 6.12. The van der Waals surface area contributed by atoms with Crippen molar-refractivity contribution >= 4 is 21.8 Å². The number of nitrogens with zero attached hydrogens (tertiary/aromatic N) is 2. The summed E-state index contributed by atoms with van der Waals surface area (Å²) in [7, 11) is 0. The molecule has 0 amide bonds. The lowest BCUT2D eigenvalue weighted by atomic mass is 10.1. The highest BCUT2D eigenvalue weighted by Gasteiger charge is 2.17. The lowest BCUT2D eigenvalue weighted by Gasteiger charge is -2.15. The van der Waals surface area contributed by atoms with Crippen molar-refractivity contribution in [3.63, 3.8) is 0 Å². The van der Waals surface area contributed by atoms with Crippen molar-refractivity contribution in [2.24, 2.45) is 0 Å². The van der Waals surface area contributed by atoms with E-state index in [-0.39, 0.29) is 0 Å². The number of aryl methyl sites for hydroxylation is 1. The summed E-state index contributed by atoms with van der Waals surface area (Å²) in [5, 5.41) is 2.42. The van der Waals surface area contributed by atoms with Crippen molar-refractivity contribution in [2.75, 3.05) is 6.61 Å². The van der Waals surface area contributed by atoms with E-state index in [4.69, 9.17) is 9.72 Å². The molecule has 0 bridgehead atoms. The molecule has 1 aromatic heterocycles. The molecule has 28 heavy (non-hydrogen) atoms. The molecule has 0 atom stereocenters. The molecule has 0 radical (unpaired) electrons. The Balaban J connectivity index is 1.90. The molecule has 3 nitrogen and oxygen atoms in total. The van der Waals surface area contributed by atoms with Crippen LogP contribution in [-0.4, -0.2) is 16.2 Å². The van der Waals surface area contributed by atoms with Crippen molar-refractivity contribution in [3.8, 4) is 17.1 Å².